The van der Waals surface area contributed by atoms with Crippen LogP contribution in [0.1, 0.15) is 15.9 Å². The van der Waals surface area contributed by atoms with E-state index in [9.17, 15) is 27.2 Å². The number of halogens is 4. The number of esters is 1. The molecule has 0 saturated carbocycles. The molecule has 0 saturated heterocycles. The normalized spacial score (nSPS) is 10.9. The smallest absolute Gasteiger partial charge is 0.387 e. The number of hydrogen-bond acceptors (Lipinski definition) is 5. The monoisotopic (exact) mass is 398 g/mol. The van der Waals surface area contributed by atoms with Crippen molar-refractivity contribution >= 4 is 17.8 Å². The van der Waals surface area contributed by atoms with Crippen molar-refractivity contribution in [2.45, 2.75) is 6.61 Å². The number of methoxy groups -OCH3 is 1. The molecule has 148 valence electrons. The first-order chi connectivity index (χ1) is 13.3. The van der Waals surface area contributed by atoms with Crippen LogP contribution < -0.4 is 9.47 Å². The van der Waals surface area contributed by atoms with Gasteiger partial charge in [0, 0.05) is 6.08 Å². The molecule has 0 aromatic heterocycles. The lowest BCUT2D eigenvalue weighted by Gasteiger charge is -2.10. The Morgan fingerprint density at radius 2 is 1.82 bits per heavy atom. The van der Waals surface area contributed by atoms with Gasteiger partial charge in [0.05, 0.1) is 12.7 Å². The zero-order valence-corrected chi connectivity index (χ0v) is 14.5. The highest BCUT2D eigenvalue weighted by Gasteiger charge is 2.15. The maximum atomic E-state index is 13.5. The fraction of sp³-hybridized carbons (Fsp3) is 0.158. The molecular weight excluding hydrogens is 384 g/mol. The molecule has 0 aliphatic heterocycles. The van der Waals surface area contributed by atoms with E-state index < -0.39 is 42.2 Å². The molecule has 0 N–H and O–H groups in total. The summed E-state index contributed by atoms with van der Waals surface area (Å²) in [5.41, 5.74) is -0.131. The zero-order valence-electron chi connectivity index (χ0n) is 14.5. The SMILES string of the molecule is COc1cc(/C=C/C(=O)OCC(=O)c2cc(F)ccc2F)ccc1OC(F)F. The van der Waals surface area contributed by atoms with E-state index in [0.29, 0.717) is 11.6 Å². The van der Waals surface area contributed by atoms with E-state index in [1.807, 2.05) is 0 Å². The van der Waals surface area contributed by atoms with E-state index in [-0.39, 0.29) is 11.5 Å². The van der Waals surface area contributed by atoms with Gasteiger partial charge in [-0.25, -0.2) is 13.6 Å². The first-order valence-corrected chi connectivity index (χ1v) is 7.76. The summed E-state index contributed by atoms with van der Waals surface area (Å²) < 4.78 is 65.0. The summed E-state index contributed by atoms with van der Waals surface area (Å²) in [6.07, 6.45) is 2.25. The van der Waals surface area contributed by atoms with E-state index in [4.69, 9.17) is 4.74 Å². The Hall–Kier alpha value is -3.36. The lowest BCUT2D eigenvalue weighted by molar-refractivity contribution is -0.136. The summed E-state index contributed by atoms with van der Waals surface area (Å²) in [6.45, 7) is -3.81. The molecule has 28 heavy (non-hydrogen) atoms. The number of carbonyl (C=O) groups is 2. The number of benzene rings is 2. The number of hydrogen-bond donors (Lipinski definition) is 0. The standard InChI is InChI=1S/C19H14F4O5/c1-26-17-8-11(2-6-16(17)28-19(22)23)3-7-18(25)27-10-15(24)13-9-12(20)4-5-14(13)21/h2-9,19H,10H2,1H3/b7-3+. The molecule has 0 amide bonds. The van der Waals surface area contributed by atoms with Crippen LogP contribution in [-0.2, 0) is 9.53 Å². The number of rotatable bonds is 8. The molecule has 0 radical (unpaired) electrons. The molecule has 0 heterocycles. The van der Waals surface area contributed by atoms with Crippen molar-refractivity contribution < 1.29 is 41.4 Å². The fourth-order valence-electron chi connectivity index (χ4n) is 2.12. The molecule has 2 aromatic rings. The first-order valence-electron chi connectivity index (χ1n) is 7.76. The second kappa shape index (κ2) is 9.54. The second-order valence-electron chi connectivity index (χ2n) is 5.28. The Balaban J connectivity index is 1.98. The lowest BCUT2D eigenvalue weighted by Crippen LogP contribution is -2.14. The van der Waals surface area contributed by atoms with Gasteiger partial charge in [-0.2, -0.15) is 8.78 Å². The zero-order chi connectivity index (χ0) is 20.7. The Bertz CT molecular complexity index is 896. The van der Waals surface area contributed by atoms with Gasteiger partial charge in [0.15, 0.2) is 18.1 Å². The molecule has 0 bridgehead atoms. The summed E-state index contributed by atoms with van der Waals surface area (Å²) in [7, 11) is 1.26. The molecule has 0 atom stereocenters. The number of ketones is 1. The molecule has 0 aliphatic rings. The van der Waals surface area contributed by atoms with Crippen molar-refractivity contribution in [2.75, 3.05) is 13.7 Å². The molecule has 0 fully saturated rings. The summed E-state index contributed by atoms with van der Waals surface area (Å²) in [4.78, 5) is 23.5. The Morgan fingerprint density at radius 1 is 1.07 bits per heavy atom. The minimum Gasteiger partial charge on any atom is -0.493 e. The first kappa shape index (κ1) is 20.9. The van der Waals surface area contributed by atoms with Gasteiger partial charge in [0.25, 0.3) is 0 Å². The van der Waals surface area contributed by atoms with Crippen molar-refractivity contribution in [3.63, 3.8) is 0 Å². The van der Waals surface area contributed by atoms with Crippen LogP contribution in [-0.4, -0.2) is 32.1 Å². The third kappa shape index (κ3) is 5.83. The third-order valence-electron chi connectivity index (χ3n) is 3.39. The molecule has 0 spiro atoms. The highest BCUT2D eigenvalue weighted by atomic mass is 19.3. The van der Waals surface area contributed by atoms with E-state index in [1.54, 1.807) is 0 Å². The Kier molecular flexibility index (Phi) is 7.14. The van der Waals surface area contributed by atoms with E-state index in [0.717, 1.165) is 18.2 Å². The average molecular weight is 398 g/mol. The van der Waals surface area contributed by atoms with E-state index in [2.05, 4.69) is 9.47 Å². The van der Waals surface area contributed by atoms with E-state index in [1.165, 1.54) is 31.4 Å². The average Bonchev–Trinajstić information content (AvgIpc) is 2.66. The van der Waals surface area contributed by atoms with Gasteiger partial charge in [-0.1, -0.05) is 6.07 Å². The molecule has 9 heteroatoms. The Labute approximate surface area is 157 Å². The van der Waals surface area contributed by atoms with Crippen LogP contribution in [0.4, 0.5) is 17.6 Å². The van der Waals surface area contributed by atoms with Crippen LogP contribution in [0.2, 0.25) is 0 Å². The van der Waals surface area contributed by atoms with Gasteiger partial charge in [0.1, 0.15) is 11.6 Å². The highest BCUT2D eigenvalue weighted by molar-refractivity contribution is 5.99. The van der Waals surface area contributed by atoms with Gasteiger partial charge < -0.3 is 14.2 Å². The number of carbonyl (C=O) groups excluding carboxylic acids is 2. The van der Waals surface area contributed by atoms with Crippen LogP contribution >= 0.6 is 0 Å². The second-order valence-corrected chi connectivity index (χ2v) is 5.28. The minimum absolute atomic E-state index is 0.0209. The van der Waals surface area contributed by atoms with Gasteiger partial charge in [-0.3, -0.25) is 4.79 Å². The van der Waals surface area contributed by atoms with Crippen LogP contribution in [0.3, 0.4) is 0 Å². The molecule has 5 nitrogen and oxygen atoms in total. The van der Waals surface area contributed by atoms with Gasteiger partial charge in [-0.05, 0) is 42.0 Å². The molecular formula is C19H14F4O5. The highest BCUT2D eigenvalue weighted by Crippen LogP contribution is 2.29. The van der Waals surface area contributed by atoms with Crippen LogP contribution in [0, 0.1) is 11.6 Å². The summed E-state index contributed by atoms with van der Waals surface area (Å²) in [5, 5.41) is 0. The predicted molar refractivity (Wildman–Crippen MR) is 90.3 cm³/mol. The van der Waals surface area contributed by atoms with E-state index >= 15 is 0 Å². The quantitative estimate of drug-likeness (QED) is 0.291. The number of ether oxygens (including phenoxy) is 3. The molecule has 2 rings (SSSR count). The van der Waals surface area contributed by atoms with Gasteiger partial charge in [0.2, 0.25) is 5.78 Å². The van der Waals surface area contributed by atoms with Gasteiger partial charge >= 0.3 is 12.6 Å². The maximum Gasteiger partial charge on any atom is 0.387 e. The van der Waals surface area contributed by atoms with Crippen molar-refractivity contribution in [1.29, 1.82) is 0 Å². The predicted octanol–water partition coefficient (Wildman–Crippen LogP) is 4.01. The van der Waals surface area contributed by atoms with Crippen molar-refractivity contribution in [1.82, 2.24) is 0 Å². The maximum absolute atomic E-state index is 13.5. The summed E-state index contributed by atoms with van der Waals surface area (Å²) >= 11 is 0. The number of alkyl halides is 2. The topological polar surface area (TPSA) is 61.8 Å². The largest absolute Gasteiger partial charge is 0.493 e. The lowest BCUT2D eigenvalue weighted by atomic mass is 10.1. The minimum atomic E-state index is -3.02. The summed E-state index contributed by atoms with van der Waals surface area (Å²) in [6, 6.07) is 6.31. The molecule has 0 aliphatic carbocycles. The van der Waals surface area contributed by atoms with Crippen molar-refractivity contribution in [3.05, 3.63) is 65.2 Å². The molecule has 0 unspecified atom stereocenters. The van der Waals surface area contributed by atoms with Crippen LogP contribution in [0.25, 0.3) is 6.08 Å². The van der Waals surface area contributed by atoms with Crippen molar-refractivity contribution in [3.8, 4) is 11.5 Å². The van der Waals surface area contributed by atoms with Gasteiger partial charge in [-0.15, -0.1) is 0 Å². The third-order valence-corrected chi connectivity index (χ3v) is 3.39. The van der Waals surface area contributed by atoms with Crippen molar-refractivity contribution in [2.24, 2.45) is 0 Å². The van der Waals surface area contributed by atoms with Crippen LogP contribution in [0.5, 0.6) is 11.5 Å². The fourth-order valence-corrected chi connectivity index (χ4v) is 2.12. The Morgan fingerprint density at radius 3 is 2.50 bits per heavy atom. The van der Waals surface area contributed by atoms with Crippen LogP contribution in [0.15, 0.2) is 42.5 Å². The summed E-state index contributed by atoms with van der Waals surface area (Å²) in [5.74, 6) is -3.72. The number of Topliss-reactive ketones (excluding diaryl/α,β-unsaturated/α-hetero) is 1. The molecule has 2 aromatic carbocycles.